The number of ether oxygens (including phenoxy) is 2. The smallest absolute Gasteiger partial charge is 0.113 e. The highest BCUT2D eigenvalue weighted by Gasteiger charge is 1.70. The quantitative estimate of drug-likeness (QED) is 0.630. The molecule has 0 rings (SSSR count). The highest BCUT2D eigenvalue weighted by atomic mass is 19.1. The van der Waals surface area contributed by atoms with E-state index in [0.717, 1.165) is 0 Å². The Balaban J connectivity index is 0. The zero-order chi connectivity index (χ0) is 8.24. The van der Waals surface area contributed by atoms with Gasteiger partial charge in [-0.05, 0) is 0 Å². The minimum atomic E-state index is -0.378. The number of hydrogen-bond donors (Lipinski definition) is 1. The lowest BCUT2D eigenvalue weighted by molar-refractivity contribution is 0.135. The van der Waals surface area contributed by atoms with Crippen LogP contribution in [0.25, 0.3) is 0 Å². The Morgan fingerprint density at radius 2 is 1.70 bits per heavy atom. The van der Waals surface area contributed by atoms with Crippen LogP contribution in [0.4, 0.5) is 4.39 Å². The first-order valence-electron chi connectivity index (χ1n) is 2.98. The number of hydrogen-bond acceptors (Lipinski definition) is 3. The maximum absolute atomic E-state index is 10.9. The fraction of sp³-hybridized carbons (Fsp3) is 1.00. The van der Waals surface area contributed by atoms with Crippen LogP contribution in [0.2, 0.25) is 0 Å². The van der Waals surface area contributed by atoms with Gasteiger partial charge >= 0.3 is 0 Å². The van der Waals surface area contributed by atoms with Crippen molar-refractivity contribution in [1.82, 2.24) is 0 Å². The van der Waals surface area contributed by atoms with Crippen molar-refractivity contribution in [2.45, 2.75) is 0 Å². The van der Waals surface area contributed by atoms with Crippen LogP contribution in [0.5, 0.6) is 0 Å². The summed E-state index contributed by atoms with van der Waals surface area (Å²) in [6.45, 7) is 0.410. The molecule has 64 valence electrons. The van der Waals surface area contributed by atoms with E-state index in [1.807, 2.05) is 0 Å². The van der Waals surface area contributed by atoms with Gasteiger partial charge in [0.2, 0.25) is 0 Å². The zero-order valence-corrected chi connectivity index (χ0v) is 6.47. The van der Waals surface area contributed by atoms with Crippen molar-refractivity contribution in [2.75, 3.05) is 40.7 Å². The Labute approximate surface area is 60.8 Å². The fourth-order valence-electron chi connectivity index (χ4n) is 0.168. The third kappa shape index (κ3) is 25.0. The third-order valence-electron chi connectivity index (χ3n) is 0.577. The number of methoxy groups -OCH3 is 2. The van der Waals surface area contributed by atoms with Gasteiger partial charge in [0, 0.05) is 14.2 Å². The maximum atomic E-state index is 10.9. The van der Waals surface area contributed by atoms with E-state index in [-0.39, 0.29) is 19.9 Å². The fourth-order valence-corrected chi connectivity index (χ4v) is 0.168. The van der Waals surface area contributed by atoms with Crippen molar-refractivity contribution in [2.24, 2.45) is 0 Å². The molecule has 0 spiro atoms. The van der Waals surface area contributed by atoms with Crippen LogP contribution in [0.3, 0.4) is 0 Å². The molecule has 4 heteroatoms. The predicted octanol–water partition coefficient (Wildman–Crippen LogP) is 0.227. The number of aliphatic hydroxyl groups is 1. The Kier molecular flexibility index (Phi) is 19.9. The van der Waals surface area contributed by atoms with Gasteiger partial charge < -0.3 is 14.6 Å². The molecule has 0 bridgehead atoms. The van der Waals surface area contributed by atoms with E-state index in [9.17, 15) is 4.39 Å². The van der Waals surface area contributed by atoms with E-state index in [2.05, 4.69) is 9.47 Å². The van der Waals surface area contributed by atoms with Crippen LogP contribution in [0.1, 0.15) is 0 Å². The molecule has 0 heterocycles. The summed E-state index contributed by atoms with van der Waals surface area (Å²) < 4.78 is 19.6. The monoisotopic (exact) mass is 154 g/mol. The van der Waals surface area contributed by atoms with Gasteiger partial charge in [-0.2, -0.15) is 0 Å². The summed E-state index contributed by atoms with van der Waals surface area (Å²) in [6.07, 6.45) is 0. The van der Waals surface area contributed by atoms with Gasteiger partial charge in [-0.15, -0.1) is 0 Å². The van der Waals surface area contributed by atoms with Gasteiger partial charge in [-0.1, -0.05) is 0 Å². The van der Waals surface area contributed by atoms with Crippen LogP contribution in [0, 0.1) is 0 Å². The van der Waals surface area contributed by atoms with Crippen LogP contribution >= 0.6 is 0 Å². The Hall–Kier alpha value is -0.190. The molecule has 0 saturated carbocycles. The molecule has 0 unspecified atom stereocenters. The van der Waals surface area contributed by atoms with E-state index in [1.54, 1.807) is 7.11 Å². The first kappa shape index (κ1) is 12.5. The van der Waals surface area contributed by atoms with E-state index in [0.29, 0.717) is 6.61 Å². The maximum Gasteiger partial charge on any atom is 0.113 e. The normalized spacial score (nSPS) is 8.40. The average molecular weight is 154 g/mol. The second kappa shape index (κ2) is 15.9. The standard InChI is InChI=1S/C3H7FO.C3H8O2/c2*1-5-3-2-4/h2-3H2,1H3;4H,2-3H2,1H3. The molecular formula is C6H15FO3. The summed E-state index contributed by atoms with van der Waals surface area (Å²) in [5, 5.41) is 7.94. The topological polar surface area (TPSA) is 38.7 Å². The molecule has 0 aliphatic rings. The summed E-state index contributed by atoms with van der Waals surface area (Å²) in [5.41, 5.74) is 0. The van der Waals surface area contributed by atoms with Crippen molar-refractivity contribution < 1.29 is 19.0 Å². The number of halogens is 1. The molecule has 0 aliphatic heterocycles. The van der Waals surface area contributed by atoms with Crippen molar-refractivity contribution in [3.05, 3.63) is 0 Å². The first-order chi connectivity index (χ1) is 4.83. The second-order valence-electron chi connectivity index (χ2n) is 1.40. The zero-order valence-electron chi connectivity index (χ0n) is 6.47. The lowest BCUT2D eigenvalue weighted by Crippen LogP contribution is -1.91. The molecular weight excluding hydrogens is 139 g/mol. The number of alkyl halides is 1. The summed E-state index contributed by atoms with van der Waals surface area (Å²) in [4.78, 5) is 0. The molecule has 0 radical (unpaired) electrons. The Morgan fingerprint density at radius 1 is 1.20 bits per heavy atom. The number of aliphatic hydroxyl groups excluding tert-OH is 1. The van der Waals surface area contributed by atoms with Gasteiger partial charge in [-0.25, -0.2) is 4.39 Å². The molecule has 0 amide bonds. The largest absolute Gasteiger partial charge is 0.394 e. The molecule has 0 aromatic rings. The van der Waals surface area contributed by atoms with Crippen LogP contribution in [-0.2, 0) is 9.47 Å². The van der Waals surface area contributed by atoms with E-state index in [1.165, 1.54) is 7.11 Å². The summed E-state index contributed by atoms with van der Waals surface area (Å²) in [6, 6.07) is 0. The Morgan fingerprint density at radius 3 is 1.70 bits per heavy atom. The third-order valence-corrected chi connectivity index (χ3v) is 0.577. The number of rotatable bonds is 4. The summed E-state index contributed by atoms with van der Waals surface area (Å²) in [7, 11) is 3.02. The van der Waals surface area contributed by atoms with Gasteiger partial charge in [0.1, 0.15) is 6.67 Å². The van der Waals surface area contributed by atoms with Crippen LogP contribution in [-0.4, -0.2) is 45.8 Å². The van der Waals surface area contributed by atoms with E-state index < -0.39 is 0 Å². The molecule has 3 nitrogen and oxygen atoms in total. The minimum Gasteiger partial charge on any atom is -0.394 e. The highest BCUT2D eigenvalue weighted by Crippen LogP contribution is 1.64. The van der Waals surface area contributed by atoms with E-state index in [4.69, 9.17) is 5.11 Å². The molecule has 0 aromatic carbocycles. The van der Waals surface area contributed by atoms with Gasteiger partial charge in [0.15, 0.2) is 0 Å². The van der Waals surface area contributed by atoms with Gasteiger partial charge in [-0.3, -0.25) is 0 Å². The second-order valence-corrected chi connectivity index (χ2v) is 1.40. The average Bonchev–Trinajstić information content (AvgIpc) is 1.93. The molecule has 0 aromatic heterocycles. The molecule has 0 saturated heterocycles. The SMILES string of the molecule is COCCF.COCCO. The van der Waals surface area contributed by atoms with Crippen LogP contribution in [0.15, 0.2) is 0 Å². The molecule has 0 atom stereocenters. The van der Waals surface area contributed by atoms with Crippen molar-refractivity contribution in [3.8, 4) is 0 Å². The summed E-state index contributed by atoms with van der Waals surface area (Å²) in [5.74, 6) is 0. The van der Waals surface area contributed by atoms with Crippen molar-refractivity contribution >= 4 is 0 Å². The molecule has 0 aliphatic carbocycles. The van der Waals surface area contributed by atoms with Gasteiger partial charge in [0.05, 0.1) is 19.8 Å². The Bertz CT molecular complexity index is 34.0. The van der Waals surface area contributed by atoms with Crippen molar-refractivity contribution in [3.63, 3.8) is 0 Å². The lowest BCUT2D eigenvalue weighted by atomic mass is 10.8. The van der Waals surface area contributed by atoms with Crippen LogP contribution < -0.4 is 0 Å². The molecule has 10 heavy (non-hydrogen) atoms. The first-order valence-corrected chi connectivity index (χ1v) is 2.98. The lowest BCUT2D eigenvalue weighted by Gasteiger charge is -1.84. The van der Waals surface area contributed by atoms with E-state index >= 15 is 0 Å². The van der Waals surface area contributed by atoms with Crippen molar-refractivity contribution in [1.29, 1.82) is 0 Å². The molecule has 1 N–H and O–H groups in total. The predicted molar refractivity (Wildman–Crippen MR) is 36.8 cm³/mol. The van der Waals surface area contributed by atoms with Gasteiger partial charge in [0.25, 0.3) is 0 Å². The highest BCUT2D eigenvalue weighted by molar-refractivity contribution is 4.14. The molecule has 0 fully saturated rings. The summed E-state index contributed by atoms with van der Waals surface area (Å²) >= 11 is 0. The minimum absolute atomic E-state index is 0.122.